The fourth-order valence-corrected chi connectivity index (χ4v) is 3.58. The number of benzene rings is 2. The van der Waals surface area contributed by atoms with E-state index in [0.717, 1.165) is 70.5 Å². The van der Waals surface area contributed by atoms with Crippen LogP contribution in [-0.2, 0) is 24.2 Å². The van der Waals surface area contributed by atoms with Gasteiger partial charge in [0.15, 0.2) is 5.96 Å². The van der Waals surface area contributed by atoms with Crippen molar-refractivity contribution in [3.63, 3.8) is 0 Å². The van der Waals surface area contributed by atoms with Crippen LogP contribution in [0.25, 0.3) is 0 Å². The van der Waals surface area contributed by atoms with Gasteiger partial charge in [0, 0.05) is 39.8 Å². The summed E-state index contributed by atoms with van der Waals surface area (Å²) in [7, 11) is 3.51. The van der Waals surface area contributed by atoms with E-state index in [1.807, 2.05) is 19.2 Å². The predicted molar refractivity (Wildman–Crippen MR) is 122 cm³/mol. The van der Waals surface area contributed by atoms with Crippen LogP contribution in [0.15, 0.2) is 53.5 Å². The molecular weight excluding hydrogens is 376 g/mol. The van der Waals surface area contributed by atoms with Crippen molar-refractivity contribution in [3.8, 4) is 5.75 Å². The lowest BCUT2D eigenvalue weighted by Gasteiger charge is -2.27. The Balaban J connectivity index is 1.42. The van der Waals surface area contributed by atoms with Gasteiger partial charge in [-0.3, -0.25) is 9.89 Å². The lowest BCUT2D eigenvalue weighted by Crippen LogP contribution is -2.38. The van der Waals surface area contributed by atoms with Gasteiger partial charge >= 0.3 is 0 Å². The molecule has 0 spiro atoms. The Morgan fingerprint density at radius 2 is 1.77 bits per heavy atom. The molecule has 0 unspecified atom stereocenters. The fourth-order valence-electron chi connectivity index (χ4n) is 3.58. The van der Waals surface area contributed by atoms with E-state index in [1.54, 1.807) is 7.11 Å². The van der Waals surface area contributed by atoms with E-state index < -0.39 is 0 Å². The van der Waals surface area contributed by atoms with Crippen LogP contribution in [0.1, 0.15) is 23.1 Å². The number of morpholine rings is 1. The third-order valence-electron chi connectivity index (χ3n) is 5.38. The maximum atomic E-state index is 5.46. The van der Waals surface area contributed by atoms with E-state index in [9.17, 15) is 0 Å². The van der Waals surface area contributed by atoms with Crippen molar-refractivity contribution >= 4 is 5.96 Å². The highest BCUT2D eigenvalue weighted by atomic mass is 16.5. The number of ether oxygens (including phenoxy) is 2. The molecule has 0 amide bonds. The first-order valence-electron chi connectivity index (χ1n) is 10.7. The summed E-state index contributed by atoms with van der Waals surface area (Å²) in [5.74, 6) is 1.74. The average Bonchev–Trinajstić information content (AvgIpc) is 2.80. The van der Waals surface area contributed by atoms with Crippen LogP contribution in [0.3, 0.4) is 0 Å². The molecule has 2 aromatic carbocycles. The summed E-state index contributed by atoms with van der Waals surface area (Å²) in [4.78, 5) is 6.82. The third-order valence-corrected chi connectivity index (χ3v) is 5.38. The van der Waals surface area contributed by atoms with Gasteiger partial charge in [-0.2, -0.15) is 0 Å². The van der Waals surface area contributed by atoms with E-state index in [0.29, 0.717) is 0 Å². The molecular formula is C24H34N4O2. The highest BCUT2D eigenvalue weighted by Gasteiger charge is 2.12. The van der Waals surface area contributed by atoms with Crippen molar-refractivity contribution in [1.82, 2.24) is 15.5 Å². The Morgan fingerprint density at radius 1 is 1.03 bits per heavy atom. The van der Waals surface area contributed by atoms with Crippen molar-refractivity contribution in [2.24, 2.45) is 4.99 Å². The minimum absolute atomic E-state index is 0.763. The normalized spacial score (nSPS) is 15.1. The molecule has 6 nitrogen and oxygen atoms in total. The number of hydrogen-bond donors (Lipinski definition) is 2. The van der Waals surface area contributed by atoms with Crippen LogP contribution in [0.2, 0.25) is 0 Å². The molecule has 1 fully saturated rings. The van der Waals surface area contributed by atoms with E-state index >= 15 is 0 Å². The van der Waals surface area contributed by atoms with Crippen LogP contribution < -0.4 is 15.4 Å². The molecule has 0 aliphatic carbocycles. The van der Waals surface area contributed by atoms with Crippen LogP contribution >= 0.6 is 0 Å². The van der Waals surface area contributed by atoms with E-state index in [-0.39, 0.29) is 0 Å². The van der Waals surface area contributed by atoms with Crippen LogP contribution in [0.5, 0.6) is 5.75 Å². The molecule has 0 radical (unpaired) electrons. The molecule has 1 saturated heterocycles. The number of hydrogen-bond acceptors (Lipinski definition) is 4. The fraction of sp³-hybridized carbons (Fsp3) is 0.458. The van der Waals surface area contributed by atoms with E-state index in [2.05, 4.69) is 56.9 Å². The topological polar surface area (TPSA) is 58.1 Å². The van der Waals surface area contributed by atoms with Gasteiger partial charge in [-0.05, 0) is 41.7 Å². The number of methoxy groups -OCH3 is 1. The largest absolute Gasteiger partial charge is 0.497 e. The predicted octanol–water partition coefficient (Wildman–Crippen LogP) is 2.83. The van der Waals surface area contributed by atoms with Crippen molar-refractivity contribution in [2.75, 3.05) is 47.0 Å². The first kappa shape index (κ1) is 22.1. The molecule has 0 atom stereocenters. The number of guanidine groups is 1. The quantitative estimate of drug-likeness (QED) is 0.378. The number of nitrogens with zero attached hydrogens (tertiary/aromatic N) is 2. The van der Waals surface area contributed by atoms with Gasteiger partial charge in [0.25, 0.3) is 0 Å². The highest BCUT2D eigenvalue weighted by molar-refractivity contribution is 5.79. The number of nitrogens with one attached hydrogen (secondary N) is 2. The number of aliphatic imine (C=N–C) groups is 1. The smallest absolute Gasteiger partial charge is 0.191 e. The van der Waals surface area contributed by atoms with Crippen molar-refractivity contribution in [3.05, 3.63) is 65.2 Å². The number of aryl methyl sites for hydroxylation is 1. The molecule has 2 aromatic rings. The number of rotatable bonds is 9. The minimum atomic E-state index is 0.763. The zero-order valence-corrected chi connectivity index (χ0v) is 18.2. The molecule has 30 heavy (non-hydrogen) atoms. The first-order chi connectivity index (χ1) is 14.8. The summed E-state index contributed by atoms with van der Waals surface area (Å²) < 4.78 is 10.7. The summed E-state index contributed by atoms with van der Waals surface area (Å²) in [5.41, 5.74) is 3.99. The Hall–Kier alpha value is -2.57. The first-order valence-corrected chi connectivity index (χ1v) is 10.7. The molecule has 1 aliphatic heterocycles. The molecule has 6 heteroatoms. The summed E-state index contributed by atoms with van der Waals surface area (Å²) in [6.07, 6.45) is 2.07. The SMILES string of the molecule is CN=C(NCCCc1ccc(OC)cc1)NCc1ccccc1CN1CCOCC1. The van der Waals surface area contributed by atoms with Crippen molar-refractivity contribution < 1.29 is 9.47 Å². The van der Waals surface area contributed by atoms with E-state index in [4.69, 9.17) is 9.47 Å². The Bertz CT molecular complexity index is 786. The summed E-state index contributed by atoms with van der Waals surface area (Å²) in [6.45, 7) is 6.26. The second kappa shape index (κ2) is 12.2. The second-order valence-electron chi connectivity index (χ2n) is 7.46. The molecule has 162 valence electrons. The van der Waals surface area contributed by atoms with Gasteiger partial charge in [-0.15, -0.1) is 0 Å². The van der Waals surface area contributed by atoms with E-state index in [1.165, 1.54) is 16.7 Å². The van der Waals surface area contributed by atoms with Gasteiger partial charge in [0.1, 0.15) is 5.75 Å². The molecule has 0 aromatic heterocycles. The molecule has 0 bridgehead atoms. The van der Waals surface area contributed by atoms with Gasteiger partial charge in [-0.1, -0.05) is 36.4 Å². The van der Waals surface area contributed by atoms with Crippen LogP contribution in [0, 0.1) is 0 Å². The Kier molecular flexibility index (Phi) is 9.00. The van der Waals surface area contributed by atoms with Gasteiger partial charge < -0.3 is 20.1 Å². The van der Waals surface area contributed by atoms with Crippen molar-refractivity contribution in [1.29, 1.82) is 0 Å². The van der Waals surface area contributed by atoms with Gasteiger partial charge in [-0.25, -0.2) is 0 Å². The Labute approximate surface area is 180 Å². The second-order valence-corrected chi connectivity index (χ2v) is 7.46. The molecule has 3 rings (SSSR count). The Morgan fingerprint density at radius 3 is 2.47 bits per heavy atom. The lowest BCUT2D eigenvalue weighted by atomic mass is 10.1. The monoisotopic (exact) mass is 410 g/mol. The third kappa shape index (κ3) is 7.04. The molecule has 0 saturated carbocycles. The summed E-state index contributed by atoms with van der Waals surface area (Å²) >= 11 is 0. The zero-order valence-electron chi connectivity index (χ0n) is 18.2. The molecule has 1 heterocycles. The standard InChI is InChI=1S/C24H34N4O2/c1-25-24(26-13-5-6-20-9-11-23(29-2)12-10-20)27-18-21-7-3-4-8-22(21)19-28-14-16-30-17-15-28/h3-4,7-12H,5-6,13-19H2,1-2H3,(H2,25,26,27). The maximum Gasteiger partial charge on any atom is 0.191 e. The van der Waals surface area contributed by atoms with Gasteiger partial charge in [0.2, 0.25) is 0 Å². The maximum absolute atomic E-state index is 5.46. The van der Waals surface area contributed by atoms with Crippen molar-refractivity contribution in [2.45, 2.75) is 25.9 Å². The zero-order chi connectivity index (χ0) is 21.0. The van der Waals surface area contributed by atoms with Gasteiger partial charge in [0.05, 0.1) is 20.3 Å². The minimum Gasteiger partial charge on any atom is -0.497 e. The summed E-state index contributed by atoms with van der Waals surface area (Å²) in [6, 6.07) is 16.9. The summed E-state index contributed by atoms with van der Waals surface area (Å²) in [5, 5.41) is 6.88. The highest BCUT2D eigenvalue weighted by Crippen LogP contribution is 2.13. The lowest BCUT2D eigenvalue weighted by molar-refractivity contribution is 0.0341. The average molecular weight is 411 g/mol. The van der Waals surface area contributed by atoms with Crippen LogP contribution in [-0.4, -0.2) is 57.9 Å². The molecule has 1 aliphatic rings. The molecule has 2 N–H and O–H groups in total. The van der Waals surface area contributed by atoms with Crippen LogP contribution in [0.4, 0.5) is 0 Å².